The Morgan fingerprint density at radius 2 is 1.90 bits per heavy atom. The highest BCUT2D eigenvalue weighted by Crippen LogP contribution is 2.39. The van der Waals surface area contributed by atoms with Gasteiger partial charge in [0.1, 0.15) is 5.54 Å². The van der Waals surface area contributed by atoms with Gasteiger partial charge in [-0.15, -0.1) is 0 Å². The molecule has 1 aromatic carbocycles. The third-order valence-corrected chi connectivity index (χ3v) is 4.68. The molecule has 1 aliphatic rings. The molecule has 0 saturated heterocycles. The highest BCUT2D eigenvalue weighted by molar-refractivity contribution is 5.84. The normalized spacial score (nSPS) is 29.8. The van der Waals surface area contributed by atoms with Gasteiger partial charge in [-0.25, -0.2) is 4.79 Å². The topological polar surface area (TPSA) is 38.3 Å². The molecule has 0 bridgehead atoms. The molecule has 3 atom stereocenters. The number of benzene rings is 1. The van der Waals surface area contributed by atoms with Crippen LogP contribution >= 0.6 is 0 Å². The summed E-state index contributed by atoms with van der Waals surface area (Å²) in [6.07, 6.45) is 2.71. The first-order valence-electron chi connectivity index (χ1n) is 7.40. The van der Waals surface area contributed by atoms with E-state index in [9.17, 15) is 4.79 Å². The van der Waals surface area contributed by atoms with Crippen LogP contribution in [0.25, 0.3) is 0 Å². The zero-order valence-corrected chi connectivity index (χ0v) is 12.9. The number of methoxy groups -OCH3 is 1. The summed E-state index contributed by atoms with van der Waals surface area (Å²) in [5, 5.41) is 3.45. The van der Waals surface area contributed by atoms with Crippen molar-refractivity contribution in [3.63, 3.8) is 0 Å². The van der Waals surface area contributed by atoms with Crippen LogP contribution in [0, 0.1) is 18.8 Å². The molecule has 3 nitrogen and oxygen atoms in total. The lowest BCUT2D eigenvalue weighted by Gasteiger charge is -2.41. The van der Waals surface area contributed by atoms with E-state index in [0.29, 0.717) is 11.8 Å². The van der Waals surface area contributed by atoms with E-state index >= 15 is 0 Å². The van der Waals surface area contributed by atoms with Gasteiger partial charge in [0.2, 0.25) is 0 Å². The molecule has 3 heteroatoms. The molecule has 3 unspecified atom stereocenters. The summed E-state index contributed by atoms with van der Waals surface area (Å²) in [6.45, 7) is 6.54. The Kier molecular flexibility index (Phi) is 4.36. The molecule has 1 N–H and O–H groups in total. The van der Waals surface area contributed by atoms with Gasteiger partial charge in [-0.2, -0.15) is 0 Å². The van der Waals surface area contributed by atoms with Crippen LogP contribution in [0.5, 0.6) is 0 Å². The SMILES string of the molecule is COC(=O)C1(Nc2ccc(C)cc2)CCC(C)C(C)C1. The molecule has 0 aromatic heterocycles. The minimum atomic E-state index is -0.573. The molecule has 0 amide bonds. The zero-order valence-electron chi connectivity index (χ0n) is 12.9. The fourth-order valence-corrected chi connectivity index (χ4v) is 3.07. The Bertz CT molecular complexity index is 468. The van der Waals surface area contributed by atoms with Gasteiger partial charge >= 0.3 is 5.97 Å². The smallest absolute Gasteiger partial charge is 0.331 e. The number of aryl methyl sites for hydroxylation is 1. The first kappa shape index (κ1) is 14.9. The van der Waals surface area contributed by atoms with Crippen LogP contribution in [0.2, 0.25) is 0 Å². The number of esters is 1. The van der Waals surface area contributed by atoms with E-state index < -0.39 is 5.54 Å². The largest absolute Gasteiger partial charge is 0.467 e. The van der Waals surface area contributed by atoms with E-state index in [1.54, 1.807) is 0 Å². The van der Waals surface area contributed by atoms with Crippen molar-refractivity contribution in [1.29, 1.82) is 0 Å². The van der Waals surface area contributed by atoms with Gasteiger partial charge in [0.15, 0.2) is 0 Å². The monoisotopic (exact) mass is 275 g/mol. The van der Waals surface area contributed by atoms with Crippen LogP contribution < -0.4 is 5.32 Å². The molecule has 1 aliphatic carbocycles. The maximum absolute atomic E-state index is 12.3. The second-order valence-corrected chi connectivity index (χ2v) is 6.26. The number of nitrogens with one attached hydrogen (secondary N) is 1. The van der Waals surface area contributed by atoms with Crippen LogP contribution in [-0.2, 0) is 9.53 Å². The Hall–Kier alpha value is -1.51. The van der Waals surface area contributed by atoms with Gasteiger partial charge in [-0.3, -0.25) is 0 Å². The number of carbonyl (C=O) groups is 1. The van der Waals surface area contributed by atoms with Crippen molar-refractivity contribution in [3.8, 4) is 0 Å². The number of hydrogen-bond donors (Lipinski definition) is 1. The lowest BCUT2D eigenvalue weighted by atomic mass is 9.71. The number of ether oxygens (including phenoxy) is 1. The highest BCUT2D eigenvalue weighted by atomic mass is 16.5. The van der Waals surface area contributed by atoms with Crippen molar-refractivity contribution in [1.82, 2.24) is 0 Å². The Morgan fingerprint density at radius 3 is 2.45 bits per heavy atom. The van der Waals surface area contributed by atoms with Gasteiger partial charge in [-0.1, -0.05) is 31.5 Å². The average molecular weight is 275 g/mol. The lowest BCUT2D eigenvalue weighted by Crippen LogP contribution is -2.51. The second-order valence-electron chi connectivity index (χ2n) is 6.26. The third-order valence-electron chi connectivity index (χ3n) is 4.68. The first-order valence-corrected chi connectivity index (χ1v) is 7.40. The highest BCUT2D eigenvalue weighted by Gasteiger charge is 2.44. The van der Waals surface area contributed by atoms with Gasteiger partial charge in [0, 0.05) is 5.69 Å². The standard InChI is InChI=1S/C17H25NO2/c1-12-5-7-15(8-6-12)18-17(16(19)20-4)10-9-13(2)14(3)11-17/h5-8,13-14,18H,9-11H2,1-4H3. The summed E-state index contributed by atoms with van der Waals surface area (Å²) in [4.78, 5) is 12.3. The summed E-state index contributed by atoms with van der Waals surface area (Å²) in [6, 6.07) is 8.18. The summed E-state index contributed by atoms with van der Waals surface area (Å²) < 4.78 is 5.07. The second kappa shape index (κ2) is 5.86. The maximum Gasteiger partial charge on any atom is 0.331 e. The molecule has 20 heavy (non-hydrogen) atoms. The summed E-state index contributed by atoms with van der Waals surface area (Å²) in [5.74, 6) is 1.03. The van der Waals surface area contributed by atoms with Crippen molar-refractivity contribution in [2.24, 2.45) is 11.8 Å². The lowest BCUT2D eigenvalue weighted by molar-refractivity contribution is -0.148. The molecular formula is C17H25NO2. The van der Waals surface area contributed by atoms with E-state index in [4.69, 9.17) is 4.74 Å². The fraction of sp³-hybridized carbons (Fsp3) is 0.588. The molecule has 1 saturated carbocycles. The molecule has 0 radical (unpaired) electrons. The molecular weight excluding hydrogens is 250 g/mol. The van der Waals surface area contributed by atoms with Gasteiger partial charge in [0.05, 0.1) is 7.11 Å². The molecule has 2 rings (SSSR count). The van der Waals surface area contributed by atoms with Crippen molar-refractivity contribution in [2.75, 3.05) is 12.4 Å². The van der Waals surface area contributed by atoms with Crippen molar-refractivity contribution in [3.05, 3.63) is 29.8 Å². The quantitative estimate of drug-likeness (QED) is 0.853. The van der Waals surface area contributed by atoms with E-state index in [1.807, 2.05) is 12.1 Å². The predicted molar refractivity (Wildman–Crippen MR) is 81.7 cm³/mol. The van der Waals surface area contributed by atoms with Crippen molar-refractivity contribution in [2.45, 2.75) is 45.6 Å². The fourth-order valence-electron chi connectivity index (χ4n) is 3.07. The van der Waals surface area contributed by atoms with Crippen LogP contribution in [-0.4, -0.2) is 18.6 Å². The molecule has 1 fully saturated rings. The Balaban J connectivity index is 2.24. The molecule has 0 aliphatic heterocycles. The molecule has 0 spiro atoms. The minimum absolute atomic E-state index is 0.142. The van der Waals surface area contributed by atoms with E-state index in [0.717, 1.165) is 24.9 Å². The Morgan fingerprint density at radius 1 is 1.25 bits per heavy atom. The number of rotatable bonds is 3. The zero-order chi connectivity index (χ0) is 14.8. The molecule has 0 heterocycles. The van der Waals surface area contributed by atoms with E-state index in [1.165, 1.54) is 12.7 Å². The minimum Gasteiger partial charge on any atom is -0.467 e. The summed E-state index contributed by atoms with van der Waals surface area (Å²) >= 11 is 0. The number of anilines is 1. The van der Waals surface area contributed by atoms with Crippen LogP contribution in [0.1, 0.15) is 38.7 Å². The van der Waals surface area contributed by atoms with Crippen molar-refractivity contribution < 1.29 is 9.53 Å². The number of carbonyl (C=O) groups excluding carboxylic acids is 1. The van der Waals surface area contributed by atoms with Gasteiger partial charge < -0.3 is 10.1 Å². The summed E-state index contributed by atoms with van der Waals surface area (Å²) in [5.41, 5.74) is 1.63. The Labute approximate surface area is 121 Å². The molecule has 110 valence electrons. The van der Waals surface area contributed by atoms with E-state index in [2.05, 4.69) is 38.2 Å². The third kappa shape index (κ3) is 2.97. The average Bonchev–Trinajstić information content (AvgIpc) is 2.44. The maximum atomic E-state index is 12.3. The van der Waals surface area contributed by atoms with Crippen molar-refractivity contribution >= 4 is 11.7 Å². The molecule has 1 aromatic rings. The van der Waals surface area contributed by atoms with Crippen LogP contribution in [0.3, 0.4) is 0 Å². The summed E-state index contributed by atoms with van der Waals surface area (Å²) in [7, 11) is 1.48. The van der Waals surface area contributed by atoms with Crippen LogP contribution in [0.4, 0.5) is 5.69 Å². The van der Waals surface area contributed by atoms with E-state index in [-0.39, 0.29) is 5.97 Å². The number of hydrogen-bond acceptors (Lipinski definition) is 3. The van der Waals surface area contributed by atoms with Gasteiger partial charge in [0.25, 0.3) is 0 Å². The van der Waals surface area contributed by atoms with Gasteiger partial charge in [-0.05, 0) is 50.2 Å². The van der Waals surface area contributed by atoms with Crippen LogP contribution in [0.15, 0.2) is 24.3 Å². The predicted octanol–water partition coefficient (Wildman–Crippen LogP) is 3.77. The first-order chi connectivity index (χ1) is 9.47.